The summed E-state index contributed by atoms with van der Waals surface area (Å²) in [5.74, 6) is -0.371. The van der Waals surface area contributed by atoms with Gasteiger partial charge < -0.3 is 20.4 Å². The second-order valence-corrected chi connectivity index (χ2v) is 8.76. The van der Waals surface area contributed by atoms with Gasteiger partial charge in [0, 0.05) is 18.8 Å². The monoisotopic (exact) mass is 547 g/mol. The number of halogens is 4. The molecule has 4 aromatic rings. The van der Waals surface area contributed by atoms with Gasteiger partial charge in [0.15, 0.2) is 17.4 Å². The molecule has 1 aromatic carbocycles. The number of hydrogen-bond donors (Lipinski definition) is 3. The summed E-state index contributed by atoms with van der Waals surface area (Å²) in [5.41, 5.74) is 2.37. The number of nitrogens with two attached hydrogens (primary N) is 1. The predicted octanol–water partition coefficient (Wildman–Crippen LogP) is 3.96. The predicted molar refractivity (Wildman–Crippen MR) is 137 cm³/mol. The maximum Gasteiger partial charge on any atom is 0.423 e. The molecule has 0 spiro atoms. The minimum atomic E-state index is -4.85. The largest absolute Gasteiger partial charge is 0.491 e. The van der Waals surface area contributed by atoms with E-state index in [1.807, 2.05) is 0 Å². The molecular formula is C25H25F4N7O3. The fourth-order valence-electron chi connectivity index (χ4n) is 4.22. The van der Waals surface area contributed by atoms with Gasteiger partial charge in [-0.15, -0.1) is 0 Å². The Kier molecular flexibility index (Phi) is 7.83. The Bertz CT molecular complexity index is 1620. The van der Waals surface area contributed by atoms with E-state index in [0.717, 1.165) is 12.3 Å². The van der Waals surface area contributed by atoms with Crippen molar-refractivity contribution < 1.29 is 22.3 Å². The molecule has 0 aliphatic carbocycles. The highest BCUT2D eigenvalue weighted by Crippen LogP contribution is 2.32. The van der Waals surface area contributed by atoms with Crippen molar-refractivity contribution in [3.05, 3.63) is 68.9 Å². The Labute approximate surface area is 218 Å². The van der Waals surface area contributed by atoms with Gasteiger partial charge in [0.05, 0.1) is 36.1 Å². The minimum absolute atomic E-state index is 0.0410. The molecule has 3 aromatic heterocycles. The number of aryl methyl sites for hydroxylation is 1. The third-order valence-electron chi connectivity index (χ3n) is 6.25. The summed E-state index contributed by atoms with van der Waals surface area (Å²) < 4.78 is 61.4. The zero-order chi connectivity index (χ0) is 28.3. The van der Waals surface area contributed by atoms with Crippen molar-refractivity contribution >= 4 is 22.3 Å². The van der Waals surface area contributed by atoms with Crippen molar-refractivity contribution in [2.45, 2.75) is 44.9 Å². The van der Waals surface area contributed by atoms with Gasteiger partial charge in [-0.25, -0.2) is 19.5 Å². The summed E-state index contributed by atoms with van der Waals surface area (Å²) in [6, 6.07) is 3.81. The van der Waals surface area contributed by atoms with Crippen LogP contribution in [-0.2, 0) is 12.7 Å². The smallest absolute Gasteiger partial charge is 0.423 e. The van der Waals surface area contributed by atoms with Gasteiger partial charge in [-0.05, 0) is 42.8 Å². The summed E-state index contributed by atoms with van der Waals surface area (Å²) >= 11 is 0. The van der Waals surface area contributed by atoms with Gasteiger partial charge >= 0.3 is 6.18 Å². The van der Waals surface area contributed by atoms with E-state index in [4.69, 9.17) is 10.5 Å². The van der Waals surface area contributed by atoms with Crippen LogP contribution in [0.4, 0.5) is 29.1 Å². The average molecular weight is 548 g/mol. The zero-order valence-corrected chi connectivity index (χ0v) is 21.0. The van der Waals surface area contributed by atoms with Crippen molar-refractivity contribution in [1.29, 1.82) is 0 Å². The summed E-state index contributed by atoms with van der Waals surface area (Å²) in [6.45, 7) is 2.03. The zero-order valence-electron chi connectivity index (χ0n) is 21.0. The van der Waals surface area contributed by atoms with Crippen LogP contribution in [0.15, 0.2) is 46.4 Å². The van der Waals surface area contributed by atoms with Crippen LogP contribution >= 0.6 is 0 Å². The summed E-state index contributed by atoms with van der Waals surface area (Å²) in [4.78, 5) is 32.9. The Morgan fingerprint density at radius 3 is 2.67 bits per heavy atom. The fourth-order valence-corrected chi connectivity index (χ4v) is 4.22. The summed E-state index contributed by atoms with van der Waals surface area (Å²) in [5, 5.41) is 8.63. The van der Waals surface area contributed by atoms with Gasteiger partial charge in [-0.3, -0.25) is 9.59 Å². The van der Waals surface area contributed by atoms with Crippen LogP contribution in [0.3, 0.4) is 0 Å². The lowest BCUT2D eigenvalue weighted by atomic mass is 10.1. The number of fused-ring (bicyclic) bond motifs is 1. The number of aromatic amines is 1. The van der Waals surface area contributed by atoms with E-state index in [1.54, 1.807) is 24.3 Å². The van der Waals surface area contributed by atoms with Gasteiger partial charge in [0.25, 0.3) is 11.1 Å². The number of nitrogens with zero attached hydrogens (tertiary/aromatic N) is 4. The third kappa shape index (κ3) is 5.84. The molecule has 10 nitrogen and oxygen atoms in total. The van der Waals surface area contributed by atoms with E-state index < -0.39 is 40.4 Å². The first-order valence-electron chi connectivity index (χ1n) is 11.9. The standard InChI is InChI=1S/C25H25F4N7O3/c1-3-14(33-18-11-32-35-23(37)20(18)25(27,28)29)5-4-7-36-8-6-13-9-16(17(26)10-15(13)24(36)38)22-31-12-19(39-2)21(30)34-22/h6,8-12,14H,3-5,7H2,1-2H3,(H2,30,31,34)(H2,33,35,37)/t14-/m0/s1. The number of H-pyrrole nitrogens is 1. The molecule has 14 heteroatoms. The molecule has 39 heavy (non-hydrogen) atoms. The Morgan fingerprint density at radius 1 is 1.23 bits per heavy atom. The molecule has 0 radical (unpaired) electrons. The number of anilines is 2. The lowest BCUT2D eigenvalue weighted by molar-refractivity contribution is -0.138. The second-order valence-electron chi connectivity index (χ2n) is 8.76. The van der Waals surface area contributed by atoms with E-state index >= 15 is 0 Å². The molecule has 0 saturated heterocycles. The first-order valence-corrected chi connectivity index (χ1v) is 11.9. The number of ether oxygens (including phenoxy) is 1. The number of rotatable bonds is 9. The normalized spacial score (nSPS) is 12.5. The number of pyridine rings is 1. The van der Waals surface area contributed by atoms with Crippen LogP contribution in [0.25, 0.3) is 22.2 Å². The Hall–Kier alpha value is -4.49. The van der Waals surface area contributed by atoms with E-state index in [0.29, 0.717) is 24.6 Å². The lowest BCUT2D eigenvalue weighted by Crippen LogP contribution is -2.28. The molecule has 4 rings (SSSR count). The molecule has 0 fully saturated rings. The summed E-state index contributed by atoms with van der Waals surface area (Å²) in [6.07, 6.45) is 0.248. The molecule has 0 saturated carbocycles. The number of nitrogen functional groups attached to an aromatic ring is 1. The fraction of sp³-hybridized carbons (Fsp3) is 0.320. The number of alkyl halides is 3. The highest BCUT2D eigenvalue weighted by molar-refractivity contribution is 5.86. The summed E-state index contributed by atoms with van der Waals surface area (Å²) in [7, 11) is 1.40. The molecule has 3 heterocycles. The van der Waals surface area contributed by atoms with Crippen molar-refractivity contribution in [2.24, 2.45) is 0 Å². The topological polar surface area (TPSA) is 141 Å². The number of methoxy groups -OCH3 is 1. The maximum atomic E-state index is 15.0. The SMILES string of the molecule is CC[C@@H](CCCn1ccc2cc(-c3ncc(OC)c(N)n3)c(F)cc2c1=O)Nc1cn[nH]c(=O)c1C(F)(F)F. The van der Waals surface area contributed by atoms with Gasteiger partial charge in [0.1, 0.15) is 11.4 Å². The Morgan fingerprint density at radius 2 is 2.00 bits per heavy atom. The highest BCUT2D eigenvalue weighted by atomic mass is 19.4. The molecule has 0 aliphatic heterocycles. The van der Waals surface area contributed by atoms with Crippen LogP contribution < -0.4 is 26.9 Å². The highest BCUT2D eigenvalue weighted by Gasteiger charge is 2.37. The number of hydrogen-bond acceptors (Lipinski definition) is 8. The Balaban J connectivity index is 1.50. The van der Waals surface area contributed by atoms with E-state index in [1.165, 1.54) is 23.9 Å². The van der Waals surface area contributed by atoms with Crippen molar-refractivity contribution in [3.63, 3.8) is 0 Å². The van der Waals surface area contributed by atoms with Gasteiger partial charge in [-0.1, -0.05) is 6.92 Å². The van der Waals surface area contributed by atoms with Crippen LogP contribution in [-0.4, -0.2) is 37.9 Å². The molecular weight excluding hydrogens is 522 g/mol. The molecule has 4 N–H and O–H groups in total. The first-order chi connectivity index (χ1) is 18.5. The van der Waals surface area contributed by atoms with Crippen molar-refractivity contribution in [2.75, 3.05) is 18.2 Å². The molecule has 0 amide bonds. The van der Waals surface area contributed by atoms with E-state index in [-0.39, 0.29) is 34.9 Å². The van der Waals surface area contributed by atoms with Crippen LogP contribution in [0.2, 0.25) is 0 Å². The van der Waals surface area contributed by atoms with Crippen LogP contribution in [0.5, 0.6) is 5.75 Å². The van der Waals surface area contributed by atoms with Crippen LogP contribution in [0, 0.1) is 5.82 Å². The molecule has 1 atom stereocenters. The first kappa shape index (κ1) is 27.5. The van der Waals surface area contributed by atoms with E-state index in [2.05, 4.69) is 20.4 Å². The molecule has 0 unspecified atom stereocenters. The molecule has 206 valence electrons. The van der Waals surface area contributed by atoms with Crippen molar-refractivity contribution in [3.8, 4) is 17.1 Å². The molecule has 0 aliphatic rings. The van der Waals surface area contributed by atoms with Gasteiger partial charge in [0.2, 0.25) is 0 Å². The van der Waals surface area contributed by atoms with E-state index in [9.17, 15) is 27.2 Å². The van der Waals surface area contributed by atoms with Crippen LogP contribution in [0.1, 0.15) is 31.7 Å². The quantitative estimate of drug-likeness (QED) is 0.268. The average Bonchev–Trinajstić information content (AvgIpc) is 2.88. The number of benzene rings is 1. The maximum absolute atomic E-state index is 15.0. The van der Waals surface area contributed by atoms with Crippen molar-refractivity contribution in [1.82, 2.24) is 24.7 Å². The second kappa shape index (κ2) is 11.1. The minimum Gasteiger partial charge on any atom is -0.491 e. The van der Waals surface area contributed by atoms with Gasteiger partial charge in [-0.2, -0.15) is 18.3 Å². The third-order valence-corrected chi connectivity index (χ3v) is 6.25. The lowest BCUT2D eigenvalue weighted by Gasteiger charge is -2.20. The number of aromatic nitrogens is 5. The number of nitrogens with one attached hydrogen (secondary N) is 2. The molecule has 0 bridgehead atoms.